The Kier molecular flexibility index (Phi) is 5.92. The highest BCUT2D eigenvalue weighted by Gasteiger charge is 2.16. The number of rotatable bonds is 6. The number of hydrogen-bond donors (Lipinski definition) is 0. The van der Waals surface area contributed by atoms with E-state index in [1.54, 1.807) is 12.3 Å². The first-order valence-electron chi connectivity index (χ1n) is 10.4. The number of para-hydroxylation sites is 1. The van der Waals surface area contributed by atoms with E-state index in [-0.39, 0.29) is 11.5 Å². The van der Waals surface area contributed by atoms with E-state index in [2.05, 4.69) is 65.1 Å². The monoisotopic (exact) mass is 476 g/mol. The maximum absolute atomic E-state index is 13.4. The van der Waals surface area contributed by atoms with Gasteiger partial charge in [0.2, 0.25) is 0 Å². The van der Waals surface area contributed by atoms with Gasteiger partial charge in [-0.05, 0) is 37.6 Å². The van der Waals surface area contributed by atoms with Crippen molar-refractivity contribution in [2.75, 3.05) is 0 Å². The minimum Gasteiger partial charge on any atom is -0.340 e. The first-order valence-corrected chi connectivity index (χ1v) is 11.2. The van der Waals surface area contributed by atoms with Crippen LogP contribution in [-0.4, -0.2) is 20.4 Å². The van der Waals surface area contributed by atoms with E-state index >= 15 is 0 Å². The number of aromatic nitrogens is 3. The number of benzene rings is 2. The molecule has 0 bridgehead atoms. The van der Waals surface area contributed by atoms with Crippen molar-refractivity contribution in [1.82, 2.24) is 14.2 Å². The quantitative estimate of drug-likeness (QED) is 0.253. The lowest BCUT2D eigenvalue weighted by Crippen LogP contribution is -2.23. The zero-order chi connectivity index (χ0) is 22.1. The SMILES string of the molecule is C=CCn1c(C)c(C=Nn2c([C@H](C)CC)nc3ccc(Br)cc3c2=O)c2ccccc21. The van der Waals surface area contributed by atoms with Gasteiger partial charge in [-0.15, -0.1) is 6.58 Å². The molecule has 0 aliphatic carbocycles. The molecule has 31 heavy (non-hydrogen) atoms. The van der Waals surface area contributed by atoms with Gasteiger partial charge < -0.3 is 4.57 Å². The molecule has 0 aliphatic heterocycles. The van der Waals surface area contributed by atoms with Gasteiger partial charge in [-0.2, -0.15) is 9.78 Å². The number of nitrogens with zero attached hydrogens (tertiary/aromatic N) is 4. The van der Waals surface area contributed by atoms with Crippen LogP contribution in [0.3, 0.4) is 0 Å². The van der Waals surface area contributed by atoms with Crippen molar-refractivity contribution in [1.29, 1.82) is 0 Å². The van der Waals surface area contributed by atoms with Crippen molar-refractivity contribution in [3.05, 3.63) is 87.0 Å². The summed E-state index contributed by atoms with van der Waals surface area (Å²) in [6, 6.07) is 13.8. The molecule has 0 amide bonds. The molecule has 0 spiro atoms. The van der Waals surface area contributed by atoms with Gasteiger partial charge in [-0.1, -0.05) is 54.1 Å². The van der Waals surface area contributed by atoms with Gasteiger partial charge >= 0.3 is 0 Å². The summed E-state index contributed by atoms with van der Waals surface area (Å²) in [5.74, 6) is 0.771. The molecule has 1 atom stereocenters. The topological polar surface area (TPSA) is 52.2 Å². The van der Waals surface area contributed by atoms with E-state index in [1.807, 2.05) is 30.3 Å². The fourth-order valence-corrected chi connectivity index (χ4v) is 4.24. The minimum atomic E-state index is -0.162. The van der Waals surface area contributed by atoms with Crippen LogP contribution in [0.4, 0.5) is 0 Å². The van der Waals surface area contributed by atoms with E-state index in [1.165, 1.54) is 4.68 Å². The standard InChI is InChI=1S/C25H25BrN4O/c1-5-13-29-17(4)21(19-9-7-8-10-23(19)29)15-27-30-24(16(3)6-2)28-22-12-11-18(26)14-20(22)25(30)31/h5,7-12,14-16H,1,6,13H2,2-4H3/t16-/m1/s1. The summed E-state index contributed by atoms with van der Waals surface area (Å²) >= 11 is 3.46. The molecule has 0 radical (unpaired) electrons. The molecule has 0 N–H and O–H groups in total. The summed E-state index contributed by atoms with van der Waals surface area (Å²) in [5, 5.41) is 6.31. The lowest BCUT2D eigenvalue weighted by molar-refractivity contribution is 0.613. The Labute approximate surface area is 189 Å². The maximum Gasteiger partial charge on any atom is 0.282 e. The number of fused-ring (bicyclic) bond motifs is 2. The maximum atomic E-state index is 13.4. The summed E-state index contributed by atoms with van der Waals surface area (Å²) in [4.78, 5) is 18.2. The second-order valence-corrected chi connectivity index (χ2v) is 8.63. The molecule has 0 saturated heterocycles. The molecule has 158 valence electrons. The summed E-state index contributed by atoms with van der Waals surface area (Å²) in [6.07, 6.45) is 4.54. The Morgan fingerprint density at radius 1 is 1.23 bits per heavy atom. The highest BCUT2D eigenvalue weighted by atomic mass is 79.9. The third kappa shape index (κ3) is 3.76. The largest absolute Gasteiger partial charge is 0.340 e. The molecular weight excluding hydrogens is 452 g/mol. The number of allylic oxidation sites excluding steroid dienone is 1. The van der Waals surface area contributed by atoms with Crippen LogP contribution in [0.2, 0.25) is 0 Å². The molecule has 2 aromatic heterocycles. The first kappa shape index (κ1) is 21.2. The number of hydrogen-bond acceptors (Lipinski definition) is 3. The predicted molar refractivity (Wildman–Crippen MR) is 132 cm³/mol. The van der Waals surface area contributed by atoms with Crippen molar-refractivity contribution in [2.24, 2.45) is 5.10 Å². The third-order valence-corrected chi connectivity index (χ3v) is 6.27. The van der Waals surface area contributed by atoms with Crippen LogP contribution in [0.1, 0.15) is 43.3 Å². The van der Waals surface area contributed by atoms with E-state index < -0.39 is 0 Å². The zero-order valence-corrected chi connectivity index (χ0v) is 19.6. The van der Waals surface area contributed by atoms with E-state index in [4.69, 9.17) is 4.98 Å². The second kappa shape index (κ2) is 8.63. The Bertz CT molecular complexity index is 1380. The highest BCUT2D eigenvalue weighted by Crippen LogP contribution is 2.25. The zero-order valence-electron chi connectivity index (χ0n) is 18.0. The van der Waals surface area contributed by atoms with Crippen molar-refractivity contribution >= 4 is 44.0 Å². The molecule has 6 heteroatoms. The summed E-state index contributed by atoms with van der Waals surface area (Å²) in [7, 11) is 0. The molecule has 4 aromatic rings. The lowest BCUT2D eigenvalue weighted by atomic mass is 10.1. The molecule has 4 rings (SSSR count). The Hall–Kier alpha value is -2.99. The predicted octanol–water partition coefficient (Wildman–Crippen LogP) is 6.00. The van der Waals surface area contributed by atoms with Crippen molar-refractivity contribution in [2.45, 2.75) is 39.7 Å². The first-order chi connectivity index (χ1) is 15.0. The van der Waals surface area contributed by atoms with Crippen molar-refractivity contribution in [3.63, 3.8) is 0 Å². The Morgan fingerprint density at radius 2 is 2.00 bits per heavy atom. The average Bonchev–Trinajstić information content (AvgIpc) is 3.04. The molecule has 0 saturated carbocycles. The normalized spacial score (nSPS) is 12.8. The van der Waals surface area contributed by atoms with E-state index in [0.29, 0.717) is 23.3 Å². The van der Waals surface area contributed by atoms with Gasteiger partial charge in [0.1, 0.15) is 5.82 Å². The minimum absolute atomic E-state index is 0.0982. The summed E-state index contributed by atoms with van der Waals surface area (Å²) in [5.41, 5.74) is 3.73. The molecule has 0 aliphatic rings. The molecule has 2 aromatic carbocycles. The van der Waals surface area contributed by atoms with Crippen molar-refractivity contribution < 1.29 is 0 Å². The van der Waals surface area contributed by atoms with E-state index in [0.717, 1.165) is 33.1 Å². The molecular formula is C25H25BrN4O. The van der Waals surface area contributed by atoms with Gasteiger partial charge in [-0.25, -0.2) is 4.98 Å². The van der Waals surface area contributed by atoms with Crippen LogP contribution in [0.15, 0.2) is 69.5 Å². The molecule has 0 fully saturated rings. The molecule has 5 nitrogen and oxygen atoms in total. The lowest BCUT2D eigenvalue weighted by Gasteiger charge is -2.14. The van der Waals surface area contributed by atoms with Gasteiger partial charge in [0.05, 0.1) is 17.1 Å². The van der Waals surface area contributed by atoms with Gasteiger partial charge in [-0.3, -0.25) is 4.79 Å². The fraction of sp³-hybridized carbons (Fsp3) is 0.240. The van der Waals surface area contributed by atoms with E-state index in [9.17, 15) is 4.79 Å². The van der Waals surface area contributed by atoms with Crippen LogP contribution in [0.5, 0.6) is 0 Å². The number of halogens is 1. The Morgan fingerprint density at radius 3 is 2.74 bits per heavy atom. The van der Waals surface area contributed by atoms with Gasteiger partial charge in [0.25, 0.3) is 5.56 Å². The van der Waals surface area contributed by atoms with Gasteiger partial charge in [0, 0.05) is 39.1 Å². The van der Waals surface area contributed by atoms with Crippen LogP contribution < -0.4 is 5.56 Å². The summed E-state index contributed by atoms with van der Waals surface area (Å²) in [6.45, 7) is 10.8. The van der Waals surface area contributed by atoms with Crippen LogP contribution in [-0.2, 0) is 6.54 Å². The van der Waals surface area contributed by atoms with Crippen LogP contribution >= 0.6 is 15.9 Å². The average molecular weight is 477 g/mol. The second-order valence-electron chi connectivity index (χ2n) is 7.72. The molecule has 2 heterocycles. The summed E-state index contributed by atoms with van der Waals surface area (Å²) < 4.78 is 4.51. The van der Waals surface area contributed by atoms with Crippen molar-refractivity contribution in [3.8, 4) is 0 Å². The third-order valence-electron chi connectivity index (χ3n) is 5.78. The smallest absolute Gasteiger partial charge is 0.282 e. The van der Waals surface area contributed by atoms with Crippen LogP contribution in [0.25, 0.3) is 21.8 Å². The highest BCUT2D eigenvalue weighted by molar-refractivity contribution is 9.10. The van der Waals surface area contributed by atoms with Gasteiger partial charge in [0.15, 0.2) is 0 Å². The van der Waals surface area contributed by atoms with Crippen LogP contribution in [0, 0.1) is 6.92 Å². The molecule has 0 unspecified atom stereocenters. The Balaban J connectivity index is 1.95. The fourth-order valence-electron chi connectivity index (χ4n) is 3.88.